The maximum atomic E-state index is 12.8. The molecule has 1 atom stereocenters. The van der Waals surface area contributed by atoms with Gasteiger partial charge in [0.25, 0.3) is 0 Å². The van der Waals surface area contributed by atoms with E-state index in [4.69, 9.17) is 4.74 Å². The van der Waals surface area contributed by atoms with Crippen LogP contribution in [0.2, 0.25) is 0 Å². The first kappa shape index (κ1) is 22.3. The number of hydrogen-bond acceptors (Lipinski definition) is 5. The maximum Gasteiger partial charge on any atom is 0.243 e. The first-order valence-electron chi connectivity index (χ1n) is 10.7. The molecule has 2 aliphatic rings. The molecule has 1 aliphatic heterocycles. The Bertz CT molecular complexity index is 1020. The molecule has 0 unspecified atom stereocenters. The summed E-state index contributed by atoms with van der Waals surface area (Å²) in [6.45, 7) is 1.61. The Hall–Kier alpha value is -1.87. The molecule has 6 nitrogen and oxygen atoms in total. The number of hydrogen-bond donors (Lipinski definition) is 1. The van der Waals surface area contributed by atoms with Crippen molar-refractivity contribution in [2.24, 2.45) is 0 Å². The van der Waals surface area contributed by atoms with Crippen molar-refractivity contribution in [1.29, 1.82) is 0 Å². The third-order valence-corrected chi connectivity index (χ3v) is 8.61. The zero-order valence-electron chi connectivity index (χ0n) is 17.5. The van der Waals surface area contributed by atoms with E-state index in [1.165, 1.54) is 27.2 Å². The molecule has 0 radical (unpaired) electrons. The molecule has 4 rings (SSSR count). The molecular weight excluding hydrogens is 432 g/mol. The fraction of sp³-hybridized carbons (Fsp3) is 0.435. The van der Waals surface area contributed by atoms with Gasteiger partial charge in [0.2, 0.25) is 15.9 Å². The number of fused-ring (bicyclic) bond motifs is 1. The van der Waals surface area contributed by atoms with E-state index in [9.17, 15) is 13.2 Å². The Labute approximate surface area is 188 Å². The molecule has 0 aromatic heterocycles. The minimum absolute atomic E-state index is 0.0174. The number of aryl methyl sites for hydroxylation is 1. The zero-order chi connectivity index (χ0) is 21.7. The highest BCUT2D eigenvalue weighted by Gasteiger charge is 2.26. The van der Waals surface area contributed by atoms with Crippen LogP contribution in [0.15, 0.2) is 53.4 Å². The SMILES string of the molecule is O=C(CSCc1cccc(S(=O)(=O)N2CCOCC2)c1)N[C@H]1CCCc2ccccc21. The number of benzene rings is 2. The molecule has 1 aliphatic carbocycles. The molecule has 1 saturated heterocycles. The Kier molecular flexibility index (Phi) is 7.32. The highest BCUT2D eigenvalue weighted by Crippen LogP contribution is 2.29. The van der Waals surface area contributed by atoms with Gasteiger partial charge in [-0.15, -0.1) is 11.8 Å². The van der Waals surface area contributed by atoms with Crippen molar-refractivity contribution in [1.82, 2.24) is 9.62 Å². The fourth-order valence-corrected chi connectivity index (χ4v) is 6.40. The molecule has 2 aromatic carbocycles. The summed E-state index contributed by atoms with van der Waals surface area (Å²) in [4.78, 5) is 12.8. The molecule has 1 N–H and O–H groups in total. The minimum Gasteiger partial charge on any atom is -0.379 e. The fourth-order valence-electron chi connectivity index (χ4n) is 4.13. The van der Waals surface area contributed by atoms with Gasteiger partial charge in [0, 0.05) is 18.8 Å². The van der Waals surface area contributed by atoms with Crippen LogP contribution in [0.4, 0.5) is 0 Å². The van der Waals surface area contributed by atoms with Gasteiger partial charge in [-0.1, -0.05) is 36.4 Å². The monoisotopic (exact) mass is 460 g/mol. The molecule has 2 aromatic rings. The number of nitrogens with one attached hydrogen (secondary N) is 1. The molecule has 31 heavy (non-hydrogen) atoms. The molecule has 1 fully saturated rings. The minimum atomic E-state index is -3.51. The third kappa shape index (κ3) is 5.49. The smallest absolute Gasteiger partial charge is 0.243 e. The van der Waals surface area contributed by atoms with E-state index in [2.05, 4.69) is 17.4 Å². The van der Waals surface area contributed by atoms with Gasteiger partial charge >= 0.3 is 0 Å². The zero-order valence-corrected chi connectivity index (χ0v) is 19.1. The summed E-state index contributed by atoms with van der Waals surface area (Å²) in [5.74, 6) is 0.948. The van der Waals surface area contributed by atoms with E-state index < -0.39 is 10.0 Å². The van der Waals surface area contributed by atoms with E-state index in [-0.39, 0.29) is 11.9 Å². The quantitative estimate of drug-likeness (QED) is 0.687. The Morgan fingerprint density at radius 1 is 1.13 bits per heavy atom. The Balaban J connectivity index is 1.31. The van der Waals surface area contributed by atoms with Gasteiger partial charge in [-0.3, -0.25) is 4.79 Å². The topological polar surface area (TPSA) is 75.7 Å². The molecule has 0 saturated carbocycles. The van der Waals surface area contributed by atoms with Crippen LogP contribution < -0.4 is 5.32 Å². The highest BCUT2D eigenvalue weighted by molar-refractivity contribution is 7.99. The lowest BCUT2D eigenvalue weighted by atomic mass is 9.88. The average molecular weight is 461 g/mol. The van der Waals surface area contributed by atoms with E-state index in [0.717, 1.165) is 24.8 Å². The lowest BCUT2D eigenvalue weighted by molar-refractivity contribution is -0.119. The van der Waals surface area contributed by atoms with Crippen molar-refractivity contribution in [3.63, 3.8) is 0 Å². The maximum absolute atomic E-state index is 12.8. The Morgan fingerprint density at radius 3 is 2.77 bits per heavy atom. The van der Waals surface area contributed by atoms with E-state index in [0.29, 0.717) is 42.7 Å². The van der Waals surface area contributed by atoms with Gasteiger partial charge in [-0.25, -0.2) is 8.42 Å². The van der Waals surface area contributed by atoms with Crippen molar-refractivity contribution >= 4 is 27.7 Å². The van der Waals surface area contributed by atoms with Gasteiger partial charge in [0.05, 0.1) is 29.9 Å². The molecule has 8 heteroatoms. The number of carbonyl (C=O) groups excluding carboxylic acids is 1. The largest absolute Gasteiger partial charge is 0.379 e. The summed E-state index contributed by atoms with van der Waals surface area (Å²) >= 11 is 1.50. The third-order valence-electron chi connectivity index (χ3n) is 5.71. The van der Waals surface area contributed by atoms with Crippen LogP contribution in [0.25, 0.3) is 0 Å². The number of rotatable bonds is 7. The van der Waals surface area contributed by atoms with Crippen LogP contribution in [-0.4, -0.2) is 50.7 Å². The van der Waals surface area contributed by atoms with Gasteiger partial charge in [-0.2, -0.15) is 4.31 Å². The van der Waals surface area contributed by atoms with E-state index in [1.807, 2.05) is 18.2 Å². The summed E-state index contributed by atoms with van der Waals surface area (Å²) < 4.78 is 32.4. The summed E-state index contributed by atoms with van der Waals surface area (Å²) in [7, 11) is -3.51. The van der Waals surface area contributed by atoms with Crippen molar-refractivity contribution in [2.45, 2.75) is 36.0 Å². The van der Waals surface area contributed by atoms with Crippen molar-refractivity contribution in [3.8, 4) is 0 Å². The number of carbonyl (C=O) groups is 1. The highest BCUT2D eigenvalue weighted by atomic mass is 32.2. The van der Waals surface area contributed by atoms with Crippen molar-refractivity contribution < 1.29 is 17.9 Å². The lowest BCUT2D eigenvalue weighted by Crippen LogP contribution is -2.40. The summed E-state index contributed by atoms with van der Waals surface area (Å²) in [5, 5.41) is 3.17. The Morgan fingerprint density at radius 2 is 1.94 bits per heavy atom. The second-order valence-corrected chi connectivity index (χ2v) is 10.8. The second kappa shape index (κ2) is 10.2. The first-order valence-corrected chi connectivity index (χ1v) is 13.3. The second-order valence-electron chi connectivity index (χ2n) is 7.87. The summed E-state index contributed by atoms with van der Waals surface area (Å²) in [6.07, 6.45) is 3.12. The molecular formula is C23H28N2O4S2. The predicted octanol–water partition coefficient (Wildman–Crippen LogP) is 3.13. The number of ether oxygens (including phenoxy) is 1. The van der Waals surface area contributed by atoms with E-state index in [1.54, 1.807) is 18.2 Å². The van der Waals surface area contributed by atoms with Crippen LogP contribution in [-0.2, 0) is 31.7 Å². The molecule has 166 valence electrons. The summed E-state index contributed by atoms with van der Waals surface area (Å²) in [6, 6.07) is 15.4. The van der Waals surface area contributed by atoms with Crippen LogP contribution in [0.5, 0.6) is 0 Å². The van der Waals surface area contributed by atoms with Crippen LogP contribution in [0, 0.1) is 0 Å². The van der Waals surface area contributed by atoms with Gasteiger partial charge in [0.1, 0.15) is 0 Å². The molecule has 0 spiro atoms. The van der Waals surface area contributed by atoms with E-state index >= 15 is 0 Å². The van der Waals surface area contributed by atoms with Crippen LogP contribution in [0.1, 0.15) is 35.6 Å². The van der Waals surface area contributed by atoms with Gasteiger partial charge < -0.3 is 10.1 Å². The molecule has 0 bridgehead atoms. The first-order chi connectivity index (χ1) is 15.0. The van der Waals surface area contributed by atoms with Crippen LogP contribution in [0.3, 0.4) is 0 Å². The summed E-state index contributed by atoms with van der Waals surface area (Å²) in [5.41, 5.74) is 3.45. The average Bonchev–Trinajstić information content (AvgIpc) is 2.80. The number of sulfonamides is 1. The normalized spacial score (nSPS) is 19.5. The number of morpholine rings is 1. The predicted molar refractivity (Wildman–Crippen MR) is 122 cm³/mol. The van der Waals surface area contributed by atoms with Crippen LogP contribution >= 0.6 is 11.8 Å². The number of thioether (sulfide) groups is 1. The van der Waals surface area contributed by atoms with Crippen molar-refractivity contribution in [3.05, 3.63) is 65.2 Å². The lowest BCUT2D eigenvalue weighted by Gasteiger charge is -2.26. The van der Waals surface area contributed by atoms with Crippen molar-refractivity contribution in [2.75, 3.05) is 32.1 Å². The number of amides is 1. The van der Waals surface area contributed by atoms with Gasteiger partial charge in [-0.05, 0) is 48.1 Å². The standard InChI is InChI=1S/C23H28N2O4S2/c26-23(24-22-10-4-7-19-6-1-2-9-21(19)22)17-30-16-18-5-3-8-20(15-18)31(27,28)25-11-13-29-14-12-25/h1-3,5-6,8-9,15,22H,4,7,10-14,16-17H2,(H,24,26)/t22-/m0/s1. The van der Waals surface area contributed by atoms with Gasteiger partial charge in [0.15, 0.2) is 0 Å². The molecule has 1 amide bonds. The number of nitrogens with zero attached hydrogens (tertiary/aromatic N) is 1. The molecule has 1 heterocycles.